The van der Waals surface area contributed by atoms with Gasteiger partial charge >= 0.3 is 6.72 Å². The van der Waals surface area contributed by atoms with Crippen LogP contribution in [0.1, 0.15) is 44.9 Å². The summed E-state index contributed by atoms with van der Waals surface area (Å²) in [6.07, 6.45) is 8.10. The van der Waals surface area contributed by atoms with Crippen molar-refractivity contribution in [1.82, 2.24) is 0 Å². The second kappa shape index (κ2) is 6.91. The topological polar surface area (TPSA) is 38.7 Å². The fourth-order valence-corrected chi connectivity index (χ4v) is 2.73. The molecule has 3 nitrogen and oxygen atoms in total. The molecule has 0 saturated carbocycles. The minimum absolute atomic E-state index is 0.535. The van der Waals surface area contributed by atoms with E-state index >= 15 is 0 Å². The zero-order valence-electron chi connectivity index (χ0n) is 8.48. The largest absolute Gasteiger partial charge is 0.324 e. The second-order valence-corrected chi connectivity index (χ2v) is 6.45. The quantitative estimate of drug-likeness (QED) is 0.658. The highest BCUT2D eigenvalue weighted by Crippen LogP contribution is 2.44. The Bertz CT molecular complexity index is 182. The minimum atomic E-state index is -2.90. The lowest BCUT2D eigenvalue weighted by Gasteiger charge is -2.16. The molecule has 5 heteroatoms. The average Bonchev–Trinajstić information content (AvgIpc) is 2.11. The minimum Gasteiger partial charge on any atom is -0.324 e. The van der Waals surface area contributed by atoms with Crippen LogP contribution in [0.3, 0.4) is 0 Å². The molecule has 14 heavy (non-hydrogen) atoms. The number of hydrogen-bond donors (Lipinski definition) is 1. The van der Waals surface area contributed by atoms with Gasteiger partial charge in [0.15, 0.2) is 0 Å². The lowest BCUT2D eigenvalue weighted by Crippen LogP contribution is -1.99. The van der Waals surface area contributed by atoms with Gasteiger partial charge in [0.1, 0.15) is 0 Å². The van der Waals surface area contributed by atoms with Crippen LogP contribution >= 0.6 is 6.72 Å². The molecular weight excluding hydrogens is 219 g/mol. The Labute approximate surface area is 91.1 Å². The van der Waals surface area contributed by atoms with E-state index in [9.17, 15) is 4.89 Å². The van der Waals surface area contributed by atoms with Gasteiger partial charge in [0.25, 0.3) is 0 Å². The fraction of sp³-hybridized carbons (Fsp3) is 1.00. The van der Waals surface area contributed by atoms with Crippen molar-refractivity contribution >= 4 is 18.5 Å². The third-order valence-corrected chi connectivity index (χ3v) is 3.95. The summed E-state index contributed by atoms with van der Waals surface area (Å²) in [5.41, 5.74) is 0. The summed E-state index contributed by atoms with van der Waals surface area (Å²) in [5.74, 6) is 0. The Hall–Kier alpha value is 0.530. The van der Waals surface area contributed by atoms with E-state index in [1.54, 1.807) is 0 Å². The van der Waals surface area contributed by atoms with Crippen LogP contribution in [0.4, 0.5) is 0 Å². The summed E-state index contributed by atoms with van der Waals surface area (Å²) < 4.78 is 10.3. The van der Waals surface area contributed by atoms with Crippen molar-refractivity contribution in [1.29, 1.82) is 0 Å². The van der Waals surface area contributed by atoms with Gasteiger partial charge in [0, 0.05) is 0 Å². The van der Waals surface area contributed by atoms with Crippen molar-refractivity contribution < 1.29 is 13.9 Å². The predicted octanol–water partition coefficient (Wildman–Crippen LogP) is 2.98. The molecule has 1 aliphatic rings. The average molecular weight is 238 g/mol. The van der Waals surface area contributed by atoms with Crippen molar-refractivity contribution in [3.05, 3.63) is 0 Å². The van der Waals surface area contributed by atoms with Crippen LogP contribution in [0.25, 0.3) is 0 Å². The fourth-order valence-electron chi connectivity index (χ4n) is 1.49. The SMILES string of the molecule is OP1(=S)OCCCCCCCCCO1. The third kappa shape index (κ3) is 6.10. The zero-order chi connectivity index (χ0) is 10.3. The molecule has 1 N–H and O–H groups in total. The van der Waals surface area contributed by atoms with Gasteiger partial charge in [-0.05, 0) is 24.6 Å². The van der Waals surface area contributed by atoms with Crippen molar-refractivity contribution in [3.63, 3.8) is 0 Å². The van der Waals surface area contributed by atoms with E-state index in [0.29, 0.717) is 13.2 Å². The molecule has 1 aliphatic heterocycles. The summed E-state index contributed by atoms with van der Waals surface area (Å²) in [4.78, 5) is 9.54. The number of hydrogen-bond acceptors (Lipinski definition) is 3. The molecule has 0 bridgehead atoms. The molecule has 0 spiro atoms. The molecule has 1 rings (SSSR count). The Morgan fingerprint density at radius 3 is 1.57 bits per heavy atom. The van der Waals surface area contributed by atoms with Gasteiger partial charge in [-0.2, -0.15) is 0 Å². The Morgan fingerprint density at radius 1 is 0.786 bits per heavy atom. The third-order valence-electron chi connectivity index (χ3n) is 2.30. The molecule has 1 fully saturated rings. The van der Waals surface area contributed by atoms with Crippen LogP contribution in [0.2, 0.25) is 0 Å². The predicted molar refractivity (Wildman–Crippen MR) is 60.7 cm³/mol. The van der Waals surface area contributed by atoms with Crippen LogP contribution in [0.5, 0.6) is 0 Å². The van der Waals surface area contributed by atoms with Gasteiger partial charge in [-0.15, -0.1) is 0 Å². The molecule has 1 heterocycles. The Morgan fingerprint density at radius 2 is 1.14 bits per heavy atom. The molecule has 0 radical (unpaired) electrons. The first kappa shape index (κ1) is 12.6. The summed E-state index contributed by atoms with van der Waals surface area (Å²) in [7, 11) is 0. The summed E-state index contributed by atoms with van der Waals surface area (Å²) in [6.45, 7) is -1.83. The lowest BCUT2D eigenvalue weighted by atomic mass is 10.1. The number of rotatable bonds is 0. The Kier molecular flexibility index (Phi) is 6.22. The molecule has 1 saturated heterocycles. The zero-order valence-corrected chi connectivity index (χ0v) is 10.2. The van der Waals surface area contributed by atoms with Gasteiger partial charge in [-0.25, -0.2) is 0 Å². The second-order valence-electron chi connectivity index (χ2n) is 3.61. The molecule has 0 aromatic carbocycles. The lowest BCUT2D eigenvalue weighted by molar-refractivity contribution is 0.188. The van der Waals surface area contributed by atoms with Gasteiger partial charge in [0.2, 0.25) is 0 Å². The van der Waals surface area contributed by atoms with Gasteiger partial charge in [-0.3, -0.25) is 0 Å². The van der Waals surface area contributed by atoms with Crippen molar-refractivity contribution in [3.8, 4) is 0 Å². The first-order valence-corrected chi connectivity index (χ1v) is 7.92. The highest BCUT2D eigenvalue weighted by atomic mass is 32.5. The molecule has 0 amide bonds. The highest BCUT2D eigenvalue weighted by Gasteiger charge is 2.14. The van der Waals surface area contributed by atoms with E-state index in [2.05, 4.69) is 0 Å². The van der Waals surface area contributed by atoms with E-state index in [1.807, 2.05) is 0 Å². The maximum Gasteiger partial charge on any atom is 0.324 e. The van der Waals surface area contributed by atoms with Crippen LogP contribution in [0, 0.1) is 0 Å². The van der Waals surface area contributed by atoms with E-state index in [4.69, 9.17) is 20.9 Å². The molecule has 0 unspecified atom stereocenters. The summed E-state index contributed by atoms with van der Waals surface area (Å²) in [5, 5.41) is 0. The molecule has 0 aliphatic carbocycles. The van der Waals surface area contributed by atoms with Crippen molar-refractivity contribution in [2.75, 3.05) is 13.2 Å². The van der Waals surface area contributed by atoms with Crippen LogP contribution in [-0.4, -0.2) is 18.1 Å². The smallest absolute Gasteiger partial charge is 0.324 e. The Balaban J connectivity index is 2.28. The molecule has 84 valence electrons. The van der Waals surface area contributed by atoms with Crippen LogP contribution in [-0.2, 0) is 20.9 Å². The molecule has 0 aromatic rings. The molecular formula is C9H19O3PS. The first-order chi connectivity index (χ1) is 6.71. The molecule has 0 aromatic heterocycles. The van der Waals surface area contributed by atoms with Crippen LogP contribution in [0.15, 0.2) is 0 Å². The van der Waals surface area contributed by atoms with Crippen LogP contribution < -0.4 is 0 Å². The van der Waals surface area contributed by atoms with Crippen molar-refractivity contribution in [2.24, 2.45) is 0 Å². The molecule has 0 atom stereocenters. The monoisotopic (exact) mass is 238 g/mol. The van der Waals surface area contributed by atoms with Gasteiger partial charge in [0.05, 0.1) is 13.2 Å². The maximum absolute atomic E-state index is 9.54. The standard InChI is InChI=1S/C9H19O3PS/c10-13(14)11-8-6-4-2-1-3-5-7-9-12-13/h1-9H2,(H,10,14). The summed E-state index contributed by atoms with van der Waals surface area (Å²) >= 11 is 4.85. The van der Waals surface area contributed by atoms with Crippen molar-refractivity contribution in [2.45, 2.75) is 44.9 Å². The van der Waals surface area contributed by atoms with E-state index in [0.717, 1.165) is 25.7 Å². The van der Waals surface area contributed by atoms with E-state index in [1.165, 1.54) is 19.3 Å². The van der Waals surface area contributed by atoms with E-state index < -0.39 is 6.72 Å². The van der Waals surface area contributed by atoms with Gasteiger partial charge < -0.3 is 13.9 Å². The normalized spacial score (nSPS) is 26.1. The van der Waals surface area contributed by atoms with E-state index in [-0.39, 0.29) is 0 Å². The maximum atomic E-state index is 9.54. The van der Waals surface area contributed by atoms with Gasteiger partial charge in [-0.1, -0.05) is 32.1 Å². The highest BCUT2D eigenvalue weighted by molar-refractivity contribution is 8.07. The summed E-state index contributed by atoms with van der Waals surface area (Å²) in [6, 6.07) is 0. The first-order valence-electron chi connectivity index (χ1n) is 5.33.